The van der Waals surface area contributed by atoms with E-state index in [1.807, 2.05) is 4.90 Å². The van der Waals surface area contributed by atoms with E-state index in [0.29, 0.717) is 12.2 Å². The summed E-state index contributed by atoms with van der Waals surface area (Å²) in [7, 11) is 1.74. The van der Waals surface area contributed by atoms with Crippen molar-refractivity contribution in [3.05, 3.63) is 29.8 Å². The fourth-order valence-corrected chi connectivity index (χ4v) is 2.95. The van der Waals surface area contributed by atoms with E-state index in [1.54, 1.807) is 7.05 Å². The normalized spacial score (nSPS) is 17.0. The van der Waals surface area contributed by atoms with Crippen LogP contribution in [0.1, 0.15) is 32.6 Å². The molecule has 0 radical (unpaired) electrons. The average molecular weight is 496 g/mol. The van der Waals surface area contributed by atoms with Crippen molar-refractivity contribution in [2.24, 2.45) is 4.99 Å². The summed E-state index contributed by atoms with van der Waals surface area (Å²) in [5.74, 6) is -0.329. The van der Waals surface area contributed by atoms with Crippen LogP contribution in [0, 0.1) is 11.6 Å². The Kier molecular flexibility index (Phi) is 11.6. The largest absolute Gasteiger partial charge is 0.381 e. The highest BCUT2D eigenvalue weighted by atomic mass is 127. The van der Waals surface area contributed by atoms with Crippen LogP contribution < -0.4 is 15.5 Å². The lowest BCUT2D eigenvalue weighted by molar-refractivity contribution is 0.129. The molecular formula is C19H31F2IN4O. The van der Waals surface area contributed by atoms with Gasteiger partial charge in [-0.1, -0.05) is 13.3 Å². The second-order valence-corrected chi connectivity index (χ2v) is 6.49. The Morgan fingerprint density at radius 1 is 1.30 bits per heavy atom. The van der Waals surface area contributed by atoms with Crippen LogP contribution in [0.3, 0.4) is 0 Å². The molecule has 1 saturated heterocycles. The molecule has 1 aromatic rings. The number of anilines is 1. The summed E-state index contributed by atoms with van der Waals surface area (Å²) in [5.41, 5.74) is 0.447. The Bertz CT molecular complexity index is 589. The van der Waals surface area contributed by atoms with Crippen LogP contribution in [0.25, 0.3) is 0 Å². The minimum Gasteiger partial charge on any atom is -0.381 e. The number of benzene rings is 1. The molecule has 1 aliphatic heterocycles. The fourth-order valence-electron chi connectivity index (χ4n) is 2.95. The molecule has 1 fully saturated rings. The maximum atomic E-state index is 13.9. The lowest BCUT2D eigenvalue weighted by Gasteiger charge is -2.21. The van der Waals surface area contributed by atoms with Crippen molar-refractivity contribution in [1.82, 2.24) is 10.6 Å². The predicted octanol–water partition coefficient (Wildman–Crippen LogP) is 3.53. The SMILES string of the molecule is CCCCOCCCNC(=NC)NC1CCN(c2ccc(F)cc2F)C1.I. The highest BCUT2D eigenvalue weighted by Crippen LogP contribution is 2.24. The van der Waals surface area contributed by atoms with Gasteiger partial charge in [-0.25, -0.2) is 8.78 Å². The first kappa shape index (κ1) is 23.9. The van der Waals surface area contributed by atoms with Crippen LogP contribution in [0.5, 0.6) is 0 Å². The van der Waals surface area contributed by atoms with Crippen LogP contribution in [-0.2, 0) is 4.74 Å². The molecule has 1 unspecified atom stereocenters. The number of guanidine groups is 1. The molecular weight excluding hydrogens is 465 g/mol. The molecule has 8 heteroatoms. The van der Waals surface area contributed by atoms with Gasteiger partial charge in [-0.05, 0) is 31.4 Å². The molecule has 0 spiro atoms. The van der Waals surface area contributed by atoms with Crippen molar-refractivity contribution in [3.8, 4) is 0 Å². The van der Waals surface area contributed by atoms with Crippen LogP contribution in [-0.4, -0.2) is 51.9 Å². The van der Waals surface area contributed by atoms with Gasteiger partial charge in [0.25, 0.3) is 0 Å². The zero-order chi connectivity index (χ0) is 18.8. The van der Waals surface area contributed by atoms with Crippen LogP contribution in [0.4, 0.5) is 14.5 Å². The van der Waals surface area contributed by atoms with E-state index in [2.05, 4.69) is 22.5 Å². The molecule has 1 aromatic carbocycles. The van der Waals surface area contributed by atoms with Gasteiger partial charge < -0.3 is 20.3 Å². The van der Waals surface area contributed by atoms with Gasteiger partial charge in [0.2, 0.25) is 0 Å². The van der Waals surface area contributed by atoms with E-state index in [0.717, 1.165) is 64.0 Å². The van der Waals surface area contributed by atoms with Crippen molar-refractivity contribution < 1.29 is 13.5 Å². The van der Waals surface area contributed by atoms with Crippen molar-refractivity contribution in [3.63, 3.8) is 0 Å². The summed E-state index contributed by atoms with van der Waals surface area (Å²) in [4.78, 5) is 6.17. The summed E-state index contributed by atoms with van der Waals surface area (Å²) >= 11 is 0. The first-order valence-electron chi connectivity index (χ1n) is 9.39. The van der Waals surface area contributed by atoms with E-state index in [1.165, 1.54) is 12.1 Å². The van der Waals surface area contributed by atoms with Crippen LogP contribution in [0.15, 0.2) is 23.2 Å². The fraction of sp³-hybridized carbons (Fsp3) is 0.632. The summed E-state index contributed by atoms with van der Waals surface area (Å²) in [5, 5.41) is 6.64. The number of aliphatic imine (C=N–C) groups is 1. The summed E-state index contributed by atoms with van der Waals surface area (Å²) in [6.45, 7) is 5.88. The third-order valence-electron chi connectivity index (χ3n) is 4.40. The number of nitrogens with one attached hydrogen (secondary N) is 2. The van der Waals surface area contributed by atoms with E-state index >= 15 is 0 Å². The second kappa shape index (κ2) is 13.1. The number of unbranched alkanes of at least 4 members (excludes halogenated alkanes) is 1. The van der Waals surface area contributed by atoms with Gasteiger partial charge in [0, 0.05) is 52.0 Å². The van der Waals surface area contributed by atoms with Gasteiger partial charge in [-0.3, -0.25) is 4.99 Å². The summed E-state index contributed by atoms with van der Waals surface area (Å²) in [6, 6.07) is 3.89. The summed E-state index contributed by atoms with van der Waals surface area (Å²) < 4.78 is 32.5. The molecule has 0 aromatic heterocycles. The predicted molar refractivity (Wildman–Crippen MR) is 117 cm³/mol. The van der Waals surface area contributed by atoms with Gasteiger partial charge in [-0.2, -0.15) is 0 Å². The molecule has 0 aliphatic carbocycles. The van der Waals surface area contributed by atoms with Gasteiger partial charge >= 0.3 is 0 Å². The topological polar surface area (TPSA) is 48.9 Å². The number of rotatable bonds is 9. The molecule has 154 valence electrons. The number of hydrogen-bond donors (Lipinski definition) is 2. The zero-order valence-electron chi connectivity index (χ0n) is 16.1. The molecule has 5 nitrogen and oxygen atoms in total. The maximum Gasteiger partial charge on any atom is 0.191 e. The van der Waals surface area contributed by atoms with Crippen LogP contribution in [0.2, 0.25) is 0 Å². The van der Waals surface area contributed by atoms with Gasteiger partial charge in [0.1, 0.15) is 11.6 Å². The van der Waals surface area contributed by atoms with Crippen molar-refractivity contribution >= 4 is 35.6 Å². The van der Waals surface area contributed by atoms with Crippen molar-refractivity contribution in [2.45, 2.75) is 38.6 Å². The first-order chi connectivity index (χ1) is 12.6. The van der Waals surface area contributed by atoms with E-state index < -0.39 is 11.6 Å². The van der Waals surface area contributed by atoms with Crippen molar-refractivity contribution in [1.29, 1.82) is 0 Å². The smallest absolute Gasteiger partial charge is 0.191 e. The molecule has 0 bridgehead atoms. The Balaban J connectivity index is 0.00000364. The Morgan fingerprint density at radius 3 is 2.78 bits per heavy atom. The molecule has 0 saturated carbocycles. The molecule has 0 amide bonds. The highest BCUT2D eigenvalue weighted by molar-refractivity contribution is 14.0. The minimum absolute atomic E-state index is 0. The van der Waals surface area contributed by atoms with Crippen molar-refractivity contribution in [2.75, 3.05) is 44.8 Å². The third kappa shape index (κ3) is 8.16. The standard InChI is InChI=1S/C19H30F2N4O.HI/c1-3-4-11-26-12-5-9-23-19(22-2)24-16-8-10-25(14-16)18-7-6-15(20)13-17(18)21;/h6-7,13,16H,3-5,8-12,14H2,1-2H3,(H2,22,23,24);1H. The molecule has 2 N–H and O–H groups in total. The molecule has 2 rings (SSSR count). The van der Waals surface area contributed by atoms with Gasteiger partial charge in [0.15, 0.2) is 5.96 Å². The van der Waals surface area contributed by atoms with E-state index in [-0.39, 0.29) is 30.0 Å². The Morgan fingerprint density at radius 2 is 2.07 bits per heavy atom. The summed E-state index contributed by atoms with van der Waals surface area (Å²) in [6.07, 6.45) is 4.04. The van der Waals surface area contributed by atoms with Gasteiger partial charge in [0.05, 0.1) is 5.69 Å². The quantitative estimate of drug-likeness (QED) is 0.238. The van der Waals surface area contributed by atoms with E-state index in [4.69, 9.17) is 4.74 Å². The average Bonchev–Trinajstić information content (AvgIpc) is 3.08. The molecule has 27 heavy (non-hydrogen) atoms. The maximum absolute atomic E-state index is 13.9. The number of nitrogens with zero attached hydrogens (tertiary/aromatic N) is 2. The molecule has 1 atom stereocenters. The lowest BCUT2D eigenvalue weighted by atomic mass is 10.2. The minimum atomic E-state index is -0.552. The monoisotopic (exact) mass is 496 g/mol. The molecule has 1 aliphatic rings. The Labute approximate surface area is 178 Å². The zero-order valence-corrected chi connectivity index (χ0v) is 18.5. The molecule has 1 heterocycles. The van der Waals surface area contributed by atoms with E-state index in [9.17, 15) is 8.78 Å². The first-order valence-corrected chi connectivity index (χ1v) is 9.39. The number of ether oxygens (including phenoxy) is 1. The lowest BCUT2D eigenvalue weighted by Crippen LogP contribution is -2.45. The number of hydrogen-bond acceptors (Lipinski definition) is 3. The highest BCUT2D eigenvalue weighted by Gasteiger charge is 2.25. The third-order valence-corrected chi connectivity index (χ3v) is 4.40. The Hall–Kier alpha value is -1.16. The number of halogens is 3. The second-order valence-electron chi connectivity index (χ2n) is 6.49. The van der Waals surface area contributed by atoms with Gasteiger partial charge in [-0.15, -0.1) is 24.0 Å². The van der Waals surface area contributed by atoms with Crippen LogP contribution >= 0.6 is 24.0 Å².